The molecule has 10 heteroatoms. The first-order valence-corrected chi connectivity index (χ1v) is 13.1. The SMILES string of the molecule is COC(=O)NCCCc1sc(CN(C(=O)[C@H]2CNCCO2)C2CC2)cc1-c1ccccc1C(=O)OC. The fourth-order valence-electron chi connectivity index (χ4n) is 4.34. The maximum atomic E-state index is 13.3. The van der Waals surface area contributed by atoms with Crippen molar-refractivity contribution in [2.24, 2.45) is 0 Å². The number of nitrogens with zero attached hydrogens (tertiary/aromatic N) is 1. The number of methoxy groups -OCH3 is 2. The van der Waals surface area contributed by atoms with Gasteiger partial charge in [-0.3, -0.25) is 4.79 Å². The van der Waals surface area contributed by atoms with Gasteiger partial charge in [-0.15, -0.1) is 11.3 Å². The average molecular weight is 516 g/mol. The number of morpholine rings is 1. The number of alkyl carbamates (subject to hydrolysis) is 1. The third-order valence-corrected chi connectivity index (χ3v) is 7.50. The standard InChI is InChI=1S/C26H33N3O6S/c1-33-25(31)20-7-4-3-6-19(20)21-14-18(36-23(21)8-5-11-28-26(32)34-2)16-29(17-9-10-17)24(30)22-15-27-12-13-35-22/h3-4,6-7,14,17,22,27H,5,8-13,15-16H2,1-2H3,(H,28,32)/t22-/m1/s1. The van der Waals surface area contributed by atoms with Crippen LogP contribution in [0.2, 0.25) is 0 Å². The van der Waals surface area contributed by atoms with E-state index in [1.807, 2.05) is 23.1 Å². The molecular weight excluding hydrogens is 482 g/mol. The van der Waals surface area contributed by atoms with Crippen molar-refractivity contribution in [1.82, 2.24) is 15.5 Å². The minimum absolute atomic E-state index is 0.0263. The number of aryl methyl sites for hydroxylation is 1. The first-order valence-electron chi connectivity index (χ1n) is 12.3. The predicted octanol–water partition coefficient (Wildman–Crippen LogP) is 2.97. The summed E-state index contributed by atoms with van der Waals surface area (Å²) in [6.07, 6.45) is 2.49. The molecule has 1 atom stereocenters. The zero-order chi connectivity index (χ0) is 25.5. The van der Waals surface area contributed by atoms with Crippen LogP contribution >= 0.6 is 11.3 Å². The monoisotopic (exact) mass is 515 g/mol. The topological polar surface area (TPSA) is 106 Å². The van der Waals surface area contributed by atoms with E-state index in [1.165, 1.54) is 14.2 Å². The Morgan fingerprint density at radius 2 is 1.97 bits per heavy atom. The molecule has 1 aromatic carbocycles. The summed E-state index contributed by atoms with van der Waals surface area (Å²) in [6, 6.07) is 9.71. The molecule has 1 aliphatic heterocycles. The lowest BCUT2D eigenvalue weighted by Gasteiger charge is -2.29. The Hall–Kier alpha value is -2.95. The van der Waals surface area contributed by atoms with Crippen molar-refractivity contribution in [3.05, 3.63) is 45.6 Å². The Morgan fingerprint density at radius 3 is 2.67 bits per heavy atom. The lowest BCUT2D eigenvalue weighted by molar-refractivity contribution is -0.146. The second-order valence-electron chi connectivity index (χ2n) is 8.87. The van der Waals surface area contributed by atoms with Crippen LogP contribution in [0.5, 0.6) is 0 Å². The van der Waals surface area contributed by atoms with Gasteiger partial charge in [0.05, 0.1) is 32.9 Å². The molecule has 194 valence electrons. The molecule has 9 nitrogen and oxygen atoms in total. The zero-order valence-corrected chi connectivity index (χ0v) is 21.5. The lowest BCUT2D eigenvalue weighted by Crippen LogP contribution is -2.49. The molecule has 1 saturated carbocycles. The van der Waals surface area contributed by atoms with E-state index in [9.17, 15) is 14.4 Å². The zero-order valence-electron chi connectivity index (χ0n) is 20.7. The maximum absolute atomic E-state index is 13.3. The van der Waals surface area contributed by atoms with Crippen LogP contribution in [-0.4, -0.2) is 75.5 Å². The van der Waals surface area contributed by atoms with Crippen LogP contribution in [0.15, 0.2) is 30.3 Å². The Morgan fingerprint density at radius 1 is 1.17 bits per heavy atom. The van der Waals surface area contributed by atoms with E-state index < -0.39 is 18.2 Å². The van der Waals surface area contributed by atoms with E-state index in [4.69, 9.17) is 9.47 Å². The number of nitrogens with one attached hydrogen (secondary N) is 2. The molecule has 0 unspecified atom stereocenters. The van der Waals surface area contributed by atoms with Gasteiger partial charge in [-0.2, -0.15) is 0 Å². The quantitative estimate of drug-likeness (QED) is 0.370. The highest BCUT2D eigenvalue weighted by atomic mass is 32.1. The third kappa shape index (κ3) is 6.43. The number of hydrogen-bond donors (Lipinski definition) is 2. The molecule has 0 bridgehead atoms. The summed E-state index contributed by atoms with van der Waals surface area (Å²) in [5.41, 5.74) is 2.25. The van der Waals surface area contributed by atoms with Crippen molar-refractivity contribution < 1.29 is 28.6 Å². The fourth-order valence-corrected chi connectivity index (χ4v) is 5.57. The molecule has 2 aromatic rings. The normalized spacial score (nSPS) is 17.3. The second-order valence-corrected chi connectivity index (χ2v) is 10.1. The number of carbonyl (C=O) groups is 3. The van der Waals surface area contributed by atoms with Gasteiger partial charge in [0.1, 0.15) is 6.10 Å². The number of rotatable bonds is 10. The first-order chi connectivity index (χ1) is 17.5. The first kappa shape index (κ1) is 26.1. The third-order valence-electron chi connectivity index (χ3n) is 6.32. The van der Waals surface area contributed by atoms with Crippen molar-refractivity contribution >= 4 is 29.3 Å². The van der Waals surface area contributed by atoms with Gasteiger partial charge in [-0.05, 0) is 48.9 Å². The van der Waals surface area contributed by atoms with Gasteiger partial charge in [0.2, 0.25) is 0 Å². The van der Waals surface area contributed by atoms with Gasteiger partial charge in [0, 0.05) is 35.4 Å². The molecule has 0 radical (unpaired) electrons. The summed E-state index contributed by atoms with van der Waals surface area (Å²) in [7, 11) is 2.71. The van der Waals surface area contributed by atoms with Crippen molar-refractivity contribution in [3.8, 4) is 11.1 Å². The van der Waals surface area contributed by atoms with E-state index >= 15 is 0 Å². The van der Waals surface area contributed by atoms with Gasteiger partial charge in [-0.1, -0.05) is 18.2 Å². The second kappa shape index (κ2) is 12.3. The molecule has 0 spiro atoms. The van der Waals surface area contributed by atoms with Gasteiger partial charge < -0.3 is 29.7 Å². The maximum Gasteiger partial charge on any atom is 0.406 e. The smallest absolute Gasteiger partial charge is 0.406 e. The minimum atomic E-state index is -0.462. The summed E-state index contributed by atoms with van der Waals surface area (Å²) < 4.78 is 15.4. The summed E-state index contributed by atoms with van der Waals surface area (Å²) in [4.78, 5) is 41.3. The molecule has 1 aliphatic carbocycles. The van der Waals surface area contributed by atoms with E-state index in [0.29, 0.717) is 44.6 Å². The fraction of sp³-hybridized carbons (Fsp3) is 0.500. The largest absolute Gasteiger partial charge is 0.465 e. The van der Waals surface area contributed by atoms with Crippen molar-refractivity contribution in [2.75, 3.05) is 40.5 Å². The van der Waals surface area contributed by atoms with Crippen LogP contribution in [0.25, 0.3) is 11.1 Å². The highest BCUT2D eigenvalue weighted by Crippen LogP contribution is 2.37. The number of esters is 1. The molecule has 1 aromatic heterocycles. The van der Waals surface area contributed by atoms with E-state index in [0.717, 1.165) is 40.3 Å². The van der Waals surface area contributed by atoms with Gasteiger partial charge in [0.25, 0.3) is 5.91 Å². The highest BCUT2D eigenvalue weighted by Gasteiger charge is 2.37. The molecule has 2 N–H and O–H groups in total. The molecule has 4 rings (SSSR count). The van der Waals surface area contributed by atoms with Gasteiger partial charge in [-0.25, -0.2) is 9.59 Å². The van der Waals surface area contributed by atoms with Gasteiger partial charge >= 0.3 is 12.1 Å². The van der Waals surface area contributed by atoms with E-state index in [1.54, 1.807) is 17.4 Å². The van der Waals surface area contributed by atoms with Crippen molar-refractivity contribution in [2.45, 2.75) is 44.4 Å². The Kier molecular flexibility index (Phi) is 8.95. The number of ether oxygens (including phenoxy) is 3. The Bertz CT molecular complexity index is 1080. The van der Waals surface area contributed by atoms with Crippen molar-refractivity contribution in [3.63, 3.8) is 0 Å². The number of amides is 2. The summed E-state index contributed by atoms with van der Waals surface area (Å²) in [6.45, 7) is 2.79. The molecule has 2 fully saturated rings. The van der Waals surface area contributed by atoms with Crippen LogP contribution in [0.1, 0.15) is 39.4 Å². The lowest BCUT2D eigenvalue weighted by atomic mass is 9.98. The number of hydrogen-bond acceptors (Lipinski definition) is 8. The summed E-state index contributed by atoms with van der Waals surface area (Å²) in [5, 5.41) is 5.95. The molecule has 1 saturated heterocycles. The summed E-state index contributed by atoms with van der Waals surface area (Å²) in [5.74, 6) is -0.369. The van der Waals surface area contributed by atoms with Crippen LogP contribution in [0.3, 0.4) is 0 Å². The number of benzene rings is 1. The van der Waals surface area contributed by atoms with Crippen LogP contribution in [-0.2, 0) is 32.0 Å². The molecular formula is C26H33N3O6S. The number of thiophene rings is 1. The average Bonchev–Trinajstić information content (AvgIpc) is 3.69. The Labute approximate surface area is 215 Å². The van der Waals surface area contributed by atoms with Crippen molar-refractivity contribution in [1.29, 1.82) is 0 Å². The van der Waals surface area contributed by atoms with Crippen LogP contribution < -0.4 is 10.6 Å². The Balaban J connectivity index is 1.59. The molecule has 36 heavy (non-hydrogen) atoms. The number of carbonyl (C=O) groups excluding carboxylic acids is 3. The van der Waals surface area contributed by atoms with E-state index in [-0.39, 0.29) is 11.9 Å². The van der Waals surface area contributed by atoms with E-state index in [2.05, 4.69) is 21.4 Å². The molecule has 2 heterocycles. The van der Waals surface area contributed by atoms with Gasteiger partial charge in [0.15, 0.2) is 0 Å². The minimum Gasteiger partial charge on any atom is -0.465 e. The van der Waals surface area contributed by atoms with Crippen LogP contribution in [0, 0.1) is 0 Å². The highest BCUT2D eigenvalue weighted by molar-refractivity contribution is 7.12. The predicted molar refractivity (Wildman–Crippen MR) is 136 cm³/mol. The molecule has 2 aliphatic rings. The molecule has 2 amide bonds. The summed E-state index contributed by atoms with van der Waals surface area (Å²) >= 11 is 1.64. The van der Waals surface area contributed by atoms with Crippen LogP contribution in [0.4, 0.5) is 4.79 Å².